The molecule has 3 aromatic heterocycles. The van der Waals surface area contributed by atoms with Crippen LogP contribution >= 0.6 is 22.7 Å². The molecule has 0 atom stereocenters. The maximum absolute atomic E-state index is 12.1. The van der Waals surface area contributed by atoms with Gasteiger partial charge in [0.1, 0.15) is 17.3 Å². The summed E-state index contributed by atoms with van der Waals surface area (Å²) >= 11 is 3.06. The predicted octanol–water partition coefficient (Wildman–Crippen LogP) is 2.37. The fourth-order valence-corrected chi connectivity index (χ4v) is 3.46. The first-order valence-corrected chi connectivity index (χ1v) is 8.60. The topological polar surface area (TPSA) is 90.1 Å². The van der Waals surface area contributed by atoms with Crippen LogP contribution < -0.4 is 5.32 Å². The molecule has 0 saturated carbocycles. The van der Waals surface area contributed by atoms with Crippen LogP contribution in [0.15, 0.2) is 27.4 Å². The molecule has 0 aliphatic rings. The van der Waals surface area contributed by atoms with Crippen LogP contribution in [0.5, 0.6) is 0 Å². The summed E-state index contributed by atoms with van der Waals surface area (Å²) < 4.78 is 9.97. The number of nitrogens with one attached hydrogen (secondary N) is 1. The number of hydrogen-bond acceptors (Lipinski definition) is 8. The number of hydrogen-bond donors (Lipinski definition) is 1. The number of nitrogens with zero attached hydrogens (tertiary/aromatic N) is 3. The summed E-state index contributed by atoms with van der Waals surface area (Å²) in [7, 11) is 1.56. The van der Waals surface area contributed by atoms with Crippen LogP contribution in [0.3, 0.4) is 0 Å². The van der Waals surface area contributed by atoms with E-state index in [1.807, 2.05) is 17.5 Å². The number of thiophene rings is 1. The number of rotatable bonds is 7. The van der Waals surface area contributed by atoms with Crippen LogP contribution in [-0.2, 0) is 17.8 Å². The first kappa shape index (κ1) is 15.8. The third-order valence-electron chi connectivity index (χ3n) is 2.88. The van der Waals surface area contributed by atoms with Crippen molar-refractivity contribution in [3.8, 4) is 9.88 Å². The molecule has 0 radical (unpaired) electrons. The molecule has 120 valence electrons. The van der Waals surface area contributed by atoms with Gasteiger partial charge in [0.2, 0.25) is 5.89 Å². The standard InChI is InChI=1S/C14H14N4O3S2/c1-20-7-11-17-12(21-18-11)4-5-15-13(19)9-8-23-14(16-9)10-3-2-6-22-10/h2-3,6,8H,4-5,7H2,1H3,(H,15,19). The van der Waals surface area contributed by atoms with E-state index in [0.29, 0.717) is 37.0 Å². The summed E-state index contributed by atoms with van der Waals surface area (Å²) in [6, 6.07) is 3.95. The zero-order chi connectivity index (χ0) is 16.1. The third kappa shape index (κ3) is 4.01. The smallest absolute Gasteiger partial charge is 0.270 e. The van der Waals surface area contributed by atoms with Gasteiger partial charge in [-0.25, -0.2) is 4.98 Å². The van der Waals surface area contributed by atoms with Gasteiger partial charge < -0.3 is 14.6 Å². The number of thiazole rings is 1. The van der Waals surface area contributed by atoms with E-state index in [-0.39, 0.29) is 5.91 Å². The lowest BCUT2D eigenvalue weighted by Crippen LogP contribution is -2.26. The second-order valence-electron chi connectivity index (χ2n) is 4.56. The lowest BCUT2D eigenvalue weighted by Gasteiger charge is -1.99. The maximum atomic E-state index is 12.1. The van der Waals surface area contributed by atoms with Gasteiger partial charge in [-0.1, -0.05) is 11.2 Å². The predicted molar refractivity (Wildman–Crippen MR) is 86.5 cm³/mol. The van der Waals surface area contributed by atoms with E-state index in [1.54, 1.807) is 23.8 Å². The fraction of sp³-hybridized carbons (Fsp3) is 0.286. The second kappa shape index (κ2) is 7.44. The van der Waals surface area contributed by atoms with Crippen molar-refractivity contribution in [2.75, 3.05) is 13.7 Å². The average molecular weight is 350 g/mol. The van der Waals surface area contributed by atoms with Crippen molar-refractivity contribution in [2.45, 2.75) is 13.0 Å². The van der Waals surface area contributed by atoms with Crippen LogP contribution in [0, 0.1) is 0 Å². The summed E-state index contributed by atoms with van der Waals surface area (Å²) in [5.41, 5.74) is 0.420. The van der Waals surface area contributed by atoms with E-state index in [1.165, 1.54) is 11.3 Å². The van der Waals surface area contributed by atoms with E-state index in [2.05, 4.69) is 20.4 Å². The van der Waals surface area contributed by atoms with Gasteiger partial charge in [-0.2, -0.15) is 4.98 Å². The van der Waals surface area contributed by atoms with Crippen LogP contribution in [0.4, 0.5) is 0 Å². The van der Waals surface area contributed by atoms with Crippen molar-refractivity contribution < 1.29 is 14.1 Å². The van der Waals surface area contributed by atoms with Gasteiger partial charge in [-0.15, -0.1) is 22.7 Å². The lowest BCUT2D eigenvalue weighted by atomic mass is 10.4. The van der Waals surface area contributed by atoms with E-state index in [9.17, 15) is 4.79 Å². The molecule has 3 heterocycles. The Morgan fingerprint density at radius 3 is 3.09 bits per heavy atom. The number of ether oxygens (including phenoxy) is 1. The summed E-state index contributed by atoms with van der Waals surface area (Å²) in [5.74, 6) is 0.754. The van der Waals surface area contributed by atoms with Crippen LogP contribution in [0.25, 0.3) is 9.88 Å². The Labute approximate surface area is 140 Å². The summed E-state index contributed by atoms with van der Waals surface area (Å²) in [6.07, 6.45) is 0.463. The first-order valence-electron chi connectivity index (χ1n) is 6.84. The Kier molecular flexibility index (Phi) is 5.11. The van der Waals surface area contributed by atoms with Crippen molar-refractivity contribution >= 4 is 28.6 Å². The summed E-state index contributed by atoms with van der Waals surface area (Å²) in [4.78, 5) is 21.6. The molecule has 0 unspecified atom stereocenters. The SMILES string of the molecule is COCc1noc(CCNC(=O)c2csc(-c3cccs3)n2)n1. The molecule has 1 N–H and O–H groups in total. The molecule has 23 heavy (non-hydrogen) atoms. The van der Waals surface area contributed by atoms with Gasteiger partial charge in [0.25, 0.3) is 5.91 Å². The molecule has 7 nitrogen and oxygen atoms in total. The number of carbonyl (C=O) groups excluding carboxylic acids is 1. The third-order valence-corrected chi connectivity index (χ3v) is 4.76. The zero-order valence-electron chi connectivity index (χ0n) is 12.3. The molecule has 0 aliphatic carbocycles. The number of methoxy groups -OCH3 is 1. The van der Waals surface area contributed by atoms with Crippen LogP contribution in [0.1, 0.15) is 22.2 Å². The molecule has 0 saturated heterocycles. The molecule has 1 amide bonds. The quantitative estimate of drug-likeness (QED) is 0.703. The minimum absolute atomic E-state index is 0.208. The van der Waals surface area contributed by atoms with Crippen molar-refractivity contribution in [1.82, 2.24) is 20.4 Å². The van der Waals surface area contributed by atoms with E-state index >= 15 is 0 Å². The zero-order valence-corrected chi connectivity index (χ0v) is 13.9. The highest BCUT2D eigenvalue weighted by Crippen LogP contribution is 2.27. The van der Waals surface area contributed by atoms with Gasteiger partial charge in [0.05, 0.1) is 4.88 Å². The molecule has 3 rings (SSSR count). The van der Waals surface area contributed by atoms with E-state index < -0.39 is 0 Å². The van der Waals surface area contributed by atoms with Crippen LogP contribution in [0.2, 0.25) is 0 Å². The van der Waals surface area contributed by atoms with Crippen LogP contribution in [-0.4, -0.2) is 34.7 Å². The number of amides is 1. The van der Waals surface area contributed by atoms with Gasteiger partial charge in [-0.05, 0) is 11.4 Å². The van der Waals surface area contributed by atoms with Crippen molar-refractivity contribution in [3.63, 3.8) is 0 Å². The highest BCUT2D eigenvalue weighted by atomic mass is 32.1. The van der Waals surface area contributed by atoms with E-state index in [4.69, 9.17) is 9.26 Å². The van der Waals surface area contributed by atoms with E-state index in [0.717, 1.165) is 9.88 Å². The normalized spacial score (nSPS) is 10.8. The summed E-state index contributed by atoms with van der Waals surface area (Å²) in [6.45, 7) is 0.708. The minimum Gasteiger partial charge on any atom is -0.377 e. The molecular weight excluding hydrogens is 336 g/mol. The molecule has 3 aromatic rings. The molecule has 0 aliphatic heterocycles. The Morgan fingerprint density at radius 1 is 1.39 bits per heavy atom. The maximum Gasteiger partial charge on any atom is 0.270 e. The molecule has 0 bridgehead atoms. The number of aromatic nitrogens is 3. The highest BCUT2D eigenvalue weighted by molar-refractivity contribution is 7.20. The Balaban J connectivity index is 1.51. The van der Waals surface area contributed by atoms with Crippen molar-refractivity contribution in [2.24, 2.45) is 0 Å². The lowest BCUT2D eigenvalue weighted by molar-refractivity contribution is 0.0949. The van der Waals surface area contributed by atoms with Crippen molar-refractivity contribution in [3.05, 3.63) is 40.3 Å². The first-order chi connectivity index (χ1) is 11.3. The fourth-order valence-electron chi connectivity index (χ4n) is 1.84. The molecule has 0 fully saturated rings. The molecule has 9 heteroatoms. The minimum atomic E-state index is -0.208. The Hall–Kier alpha value is -2.10. The Bertz CT molecular complexity index is 767. The monoisotopic (exact) mass is 350 g/mol. The largest absolute Gasteiger partial charge is 0.377 e. The number of carbonyl (C=O) groups is 1. The van der Waals surface area contributed by atoms with Crippen molar-refractivity contribution in [1.29, 1.82) is 0 Å². The van der Waals surface area contributed by atoms with Gasteiger partial charge >= 0.3 is 0 Å². The molecule has 0 aromatic carbocycles. The molecular formula is C14H14N4O3S2. The second-order valence-corrected chi connectivity index (χ2v) is 6.36. The van der Waals surface area contributed by atoms with Gasteiger partial charge in [-0.3, -0.25) is 4.79 Å². The average Bonchev–Trinajstić information content (AvgIpc) is 3.29. The van der Waals surface area contributed by atoms with Gasteiger partial charge in [0, 0.05) is 25.5 Å². The highest BCUT2D eigenvalue weighted by Gasteiger charge is 2.13. The Morgan fingerprint density at radius 2 is 2.30 bits per heavy atom. The van der Waals surface area contributed by atoms with Gasteiger partial charge in [0.15, 0.2) is 5.82 Å². The summed E-state index contributed by atoms with van der Waals surface area (Å²) in [5, 5.41) is 11.2. The molecule has 0 spiro atoms.